The molecule has 0 aromatic carbocycles. The summed E-state index contributed by atoms with van der Waals surface area (Å²) in [5.41, 5.74) is 5.54. The fourth-order valence-electron chi connectivity index (χ4n) is 2.99. The van der Waals surface area contributed by atoms with Crippen molar-refractivity contribution in [2.75, 3.05) is 0 Å². The maximum atomic E-state index is 11.2. The second-order valence-electron chi connectivity index (χ2n) is 6.10. The summed E-state index contributed by atoms with van der Waals surface area (Å²) in [6, 6.07) is 12.9. The number of carboxylic acids is 1. The second kappa shape index (κ2) is 6.40. The Morgan fingerprint density at radius 1 is 1.15 bits per heavy atom. The molecule has 0 unspecified atom stereocenters. The molecule has 6 heteroatoms. The third kappa shape index (κ3) is 2.93. The van der Waals surface area contributed by atoms with Gasteiger partial charge in [-0.05, 0) is 42.8 Å². The molecule has 0 aliphatic rings. The highest BCUT2D eigenvalue weighted by Crippen LogP contribution is 2.28. The topological polar surface area (TPSA) is 80.4 Å². The molecule has 4 heterocycles. The van der Waals surface area contributed by atoms with Crippen LogP contribution in [0.25, 0.3) is 16.8 Å². The molecule has 4 aromatic rings. The van der Waals surface area contributed by atoms with Crippen molar-refractivity contribution >= 4 is 11.5 Å². The zero-order valence-corrected chi connectivity index (χ0v) is 14.1. The first-order valence-corrected chi connectivity index (χ1v) is 8.19. The van der Waals surface area contributed by atoms with Crippen molar-refractivity contribution in [1.29, 1.82) is 0 Å². The van der Waals surface area contributed by atoms with E-state index in [1.54, 1.807) is 18.5 Å². The number of fused-ring (bicyclic) bond motifs is 1. The van der Waals surface area contributed by atoms with E-state index in [9.17, 15) is 9.90 Å². The van der Waals surface area contributed by atoms with Crippen LogP contribution in [0.3, 0.4) is 0 Å². The maximum Gasteiger partial charge on any atom is 0.354 e. The van der Waals surface area contributed by atoms with Gasteiger partial charge in [0.2, 0.25) is 0 Å². The van der Waals surface area contributed by atoms with Gasteiger partial charge in [-0.25, -0.2) is 14.3 Å². The van der Waals surface area contributed by atoms with Gasteiger partial charge in [-0.15, -0.1) is 0 Å². The molecule has 1 N–H and O–H groups in total. The monoisotopic (exact) mass is 344 g/mol. The molecule has 26 heavy (non-hydrogen) atoms. The molecular weight excluding hydrogens is 328 g/mol. The van der Waals surface area contributed by atoms with Crippen LogP contribution < -0.4 is 0 Å². The van der Waals surface area contributed by atoms with Crippen molar-refractivity contribution in [3.8, 4) is 11.3 Å². The number of aryl methyl sites for hydroxylation is 1. The van der Waals surface area contributed by atoms with E-state index in [4.69, 9.17) is 5.10 Å². The summed E-state index contributed by atoms with van der Waals surface area (Å²) in [5.74, 6) is -1.03. The van der Waals surface area contributed by atoms with E-state index in [1.165, 1.54) is 6.07 Å². The molecular formula is C20H16N4O2. The van der Waals surface area contributed by atoms with Gasteiger partial charge >= 0.3 is 5.97 Å². The Labute approximate surface area is 149 Å². The Kier molecular flexibility index (Phi) is 3.93. The Bertz CT molecular complexity index is 1100. The number of aromatic carboxylic acids is 1. The summed E-state index contributed by atoms with van der Waals surface area (Å²) >= 11 is 0. The highest BCUT2D eigenvalue weighted by molar-refractivity contribution is 5.85. The van der Waals surface area contributed by atoms with Crippen LogP contribution in [0.15, 0.2) is 61.1 Å². The quantitative estimate of drug-likeness (QED) is 0.614. The molecule has 0 amide bonds. The molecule has 4 aromatic heterocycles. The normalized spacial score (nSPS) is 11.0. The van der Waals surface area contributed by atoms with E-state index in [0.717, 1.165) is 27.9 Å². The zero-order valence-electron chi connectivity index (χ0n) is 14.1. The Hall–Kier alpha value is -3.54. The van der Waals surface area contributed by atoms with E-state index in [0.29, 0.717) is 12.1 Å². The third-order valence-corrected chi connectivity index (χ3v) is 4.20. The van der Waals surface area contributed by atoms with Crippen molar-refractivity contribution in [1.82, 2.24) is 19.6 Å². The predicted octanol–water partition coefficient (Wildman–Crippen LogP) is 3.39. The second-order valence-corrected chi connectivity index (χ2v) is 6.10. The fourth-order valence-corrected chi connectivity index (χ4v) is 2.99. The molecule has 0 saturated heterocycles. The number of rotatable bonds is 4. The lowest BCUT2D eigenvalue weighted by molar-refractivity contribution is 0.0690. The number of aromatic nitrogens is 4. The van der Waals surface area contributed by atoms with Gasteiger partial charge in [0.05, 0.1) is 11.2 Å². The van der Waals surface area contributed by atoms with Crippen LogP contribution in [-0.2, 0) is 6.42 Å². The molecule has 128 valence electrons. The van der Waals surface area contributed by atoms with Gasteiger partial charge < -0.3 is 5.11 Å². The van der Waals surface area contributed by atoms with Gasteiger partial charge in [-0.3, -0.25) is 4.98 Å². The van der Waals surface area contributed by atoms with Gasteiger partial charge in [-0.1, -0.05) is 12.1 Å². The first-order valence-electron chi connectivity index (χ1n) is 8.19. The molecule has 0 saturated carbocycles. The minimum absolute atomic E-state index is 0.0396. The van der Waals surface area contributed by atoms with Crippen LogP contribution in [-0.4, -0.2) is 30.7 Å². The van der Waals surface area contributed by atoms with Crippen LogP contribution in [0.1, 0.15) is 27.3 Å². The largest absolute Gasteiger partial charge is 0.477 e. The van der Waals surface area contributed by atoms with Gasteiger partial charge in [0.25, 0.3) is 0 Å². The standard InChI is InChI=1S/C20H16N4O2/c1-13-7-8-18-16(10-15-5-2-6-17(22-15)20(25)26)19(23-24(18)12-13)14-4-3-9-21-11-14/h2-9,11-12H,10H2,1H3,(H,25,26). The lowest BCUT2D eigenvalue weighted by Gasteiger charge is -2.04. The smallest absolute Gasteiger partial charge is 0.354 e. The van der Waals surface area contributed by atoms with E-state index >= 15 is 0 Å². The van der Waals surface area contributed by atoms with E-state index < -0.39 is 5.97 Å². The Balaban J connectivity index is 1.87. The Morgan fingerprint density at radius 2 is 2.04 bits per heavy atom. The lowest BCUT2D eigenvalue weighted by Crippen LogP contribution is -2.03. The number of carboxylic acid groups (broad SMARTS) is 1. The van der Waals surface area contributed by atoms with Crippen LogP contribution in [0, 0.1) is 6.92 Å². The van der Waals surface area contributed by atoms with Crippen LogP contribution >= 0.6 is 0 Å². The molecule has 4 rings (SSSR count). The summed E-state index contributed by atoms with van der Waals surface area (Å²) in [5, 5.41) is 13.9. The summed E-state index contributed by atoms with van der Waals surface area (Å²) in [6.07, 6.45) is 5.96. The molecule has 0 bridgehead atoms. The number of nitrogens with zero attached hydrogens (tertiary/aromatic N) is 4. The molecule has 6 nitrogen and oxygen atoms in total. The van der Waals surface area contributed by atoms with Gasteiger partial charge in [0.15, 0.2) is 0 Å². The molecule has 0 radical (unpaired) electrons. The SMILES string of the molecule is Cc1ccc2c(Cc3cccc(C(=O)O)n3)c(-c3cccnc3)nn2c1. The maximum absolute atomic E-state index is 11.2. The summed E-state index contributed by atoms with van der Waals surface area (Å²) in [6.45, 7) is 2.02. The van der Waals surface area contributed by atoms with E-state index in [2.05, 4.69) is 9.97 Å². The highest BCUT2D eigenvalue weighted by Gasteiger charge is 2.16. The van der Waals surface area contributed by atoms with Crippen molar-refractivity contribution in [2.45, 2.75) is 13.3 Å². The zero-order chi connectivity index (χ0) is 18.1. The number of hydrogen-bond acceptors (Lipinski definition) is 4. The van der Waals surface area contributed by atoms with Crippen molar-refractivity contribution in [2.24, 2.45) is 0 Å². The number of carbonyl (C=O) groups is 1. The van der Waals surface area contributed by atoms with Gasteiger partial charge in [0.1, 0.15) is 5.69 Å². The Morgan fingerprint density at radius 3 is 2.81 bits per heavy atom. The highest BCUT2D eigenvalue weighted by atomic mass is 16.4. The molecule has 0 aliphatic heterocycles. The number of pyridine rings is 3. The average molecular weight is 344 g/mol. The van der Waals surface area contributed by atoms with Crippen LogP contribution in [0.4, 0.5) is 0 Å². The third-order valence-electron chi connectivity index (χ3n) is 4.20. The molecule has 0 fully saturated rings. The lowest BCUT2D eigenvalue weighted by atomic mass is 10.0. The van der Waals surface area contributed by atoms with E-state index in [1.807, 2.05) is 48.0 Å². The van der Waals surface area contributed by atoms with Crippen molar-refractivity contribution in [3.63, 3.8) is 0 Å². The average Bonchev–Trinajstić information content (AvgIpc) is 3.00. The summed E-state index contributed by atoms with van der Waals surface area (Å²) in [4.78, 5) is 19.7. The predicted molar refractivity (Wildman–Crippen MR) is 97.2 cm³/mol. The minimum Gasteiger partial charge on any atom is -0.477 e. The van der Waals surface area contributed by atoms with Crippen LogP contribution in [0.2, 0.25) is 0 Å². The fraction of sp³-hybridized carbons (Fsp3) is 0.100. The summed E-state index contributed by atoms with van der Waals surface area (Å²) < 4.78 is 1.86. The minimum atomic E-state index is -1.03. The van der Waals surface area contributed by atoms with E-state index in [-0.39, 0.29) is 5.69 Å². The first-order chi connectivity index (χ1) is 12.6. The summed E-state index contributed by atoms with van der Waals surface area (Å²) in [7, 11) is 0. The number of hydrogen-bond donors (Lipinski definition) is 1. The van der Waals surface area contributed by atoms with Crippen LogP contribution in [0.5, 0.6) is 0 Å². The van der Waals surface area contributed by atoms with Gasteiger partial charge in [0, 0.05) is 41.8 Å². The first kappa shape index (κ1) is 16.0. The van der Waals surface area contributed by atoms with Crippen molar-refractivity contribution in [3.05, 3.63) is 83.6 Å². The molecule has 0 spiro atoms. The van der Waals surface area contributed by atoms with Crippen molar-refractivity contribution < 1.29 is 9.90 Å². The molecule has 0 aliphatic carbocycles. The van der Waals surface area contributed by atoms with Gasteiger partial charge in [-0.2, -0.15) is 5.10 Å². The molecule has 0 atom stereocenters.